The van der Waals surface area contributed by atoms with Crippen LogP contribution in [0, 0.1) is 0 Å². The number of carbonyl (C=O) groups excluding carboxylic acids is 2. The third-order valence-corrected chi connectivity index (χ3v) is 3.18. The third-order valence-electron chi connectivity index (χ3n) is 3.18. The summed E-state index contributed by atoms with van der Waals surface area (Å²) in [5, 5.41) is 9.36. The van der Waals surface area contributed by atoms with Gasteiger partial charge in [-0.15, -0.1) is 0 Å². The van der Waals surface area contributed by atoms with Crippen LogP contribution in [-0.2, 0) is 14.4 Å². The number of amides is 2. The van der Waals surface area contributed by atoms with Crippen molar-refractivity contribution >= 4 is 17.8 Å². The van der Waals surface area contributed by atoms with Crippen molar-refractivity contribution in [3.63, 3.8) is 0 Å². The Kier molecular flexibility index (Phi) is 3.94. The smallest absolute Gasteiger partial charge is 0.331 e. The summed E-state index contributed by atoms with van der Waals surface area (Å²) >= 11 is 0. The van der Waals surface area contributed by atoms with Gasteiger partial charge in [0.1, 0.15) is 0 Å². The van der Waals surface area contributed by atoms with E-state index in [0.29, 0.717) is 18.4 Å². The minimum Gasteiger partial charge on any atom is -0.479 e. The van der Waals surface area contributed by atoms with Crippen molar-refractivity contribution < 1.29 is 19.5 Å². The summed E-state index contributed by atoms with van der Waals surface area (Å²) in [5.41, 5.74) is 0.443. The van der Waals surface area contributed by atoms with Gasteiger partial charge in [0.15, 0.2) is 6.04 Å². The molecule has 1 atom stereocenters. The van der Waals surface area contributed by atoms with E-state index in [2.05, 4.69) is 0 Å². The van der Waals surface area contributed by atoms with Gasteiger partial charge in [0.2, 0.25) is 11.8 Å². The summed E-state index contributed by atoms with van der Waals surface area (Å²) in [4.78, 5) is 36.3. The number of carboxylic acid groups (broad SMARTS) is 1. The van der Waals surface area contributed by atoms with E-state index in [4.69, 9.17) is 0 Å². The maximum atomic E-state index is 12.0. The van der Waals surface area contributed by atoms with Gasteiger partial charge in [0, 0.05) is 12.8 Å². The Morgan fingerprint density at radius 2 is 1.58 bits per heavy atom. The second-order valence-corrected chi connectivity index (χ2v) is 4.52. The molecule has 1 aliphatic heterocycles. The fourth-order valence-corrected chi connectivity index (χ4v) is 2.26. The average molecular weight is 261 g/mol. The van der Waals surface area contributed by atoms with E-state index in [1.807, 2.05) is 0 Å². The van der Waals surface area contributed by atoms with Gasteiger partial charge in [-0.3, -0.25) is 14.5 Å². The first-order chi connectivity index (χ1) is 9.11. The number of nitrogens with zero attached hydrogens (tertiary/aromatic N) is 1. The maximum Gasteiger partial charge on any atom is 0.331 e. The predicted molar refractivity (Wildman–Crippen MR) is 67.1 cm³/mol. The van der Waals surface area contributed by atoms with Gasteiger partial charge in [-0.1, -0.05) is 30.3 Å². The lowest BCUT2D eigenvalue weighted by Crippen LogP contribution is -2.42. The Bertz CT molecular complexity index is 479. The lowest BCUT2D eigenvalue weighted by atomic mass is 10.0. The van der Waals surface area contributed by atoms with Crippen molar-refractivity contribution in [2.75, 3.05) is 0 Å². The highest BCUT2D eigenvalue weighted by molar-refractivity contribution is 6.00. The van der Waals surface area contributed by atoms with Crippen LogP contribution in [0.25, 0.3) is 0 Å². The molecule has 0 radical (unpaired) electrons. The maximum absolute atomic E-state index is 12.0. The van der Waals surface area contributed by atoms with Crippen LogP contribution in [0.2, 0.25) is 0 Å². The Balaban J connectivity index is 2.40. The molecule has 1 fully saturated rings. The first-order valence-electron chi connectivity index (χ1n) is 6.24. The topological polar surface area (TPSA) is 74.7 Å². The average Bonchev–Trinajstić information content (AvgIpc) is 2.55. The molecule has 0 aromatic heterocycles. The molecule has 0 spiro atoms. The highest BCUT2D eigenvalue weighted by Crippen LogP contribution is 2.26. The Labute approximate surface area is 110 Å². The van der Waals surface area contributed by atoms with Gasteiger partial charge in [-0.05, 0) is 18.4 Å². The molecule has 1 unspecified atom stereocenters. The normalized spacial score (nSPS) is 18.0. The van der Waals surface area contributed by atoms with E-state index in [1.165, 1.54) is 0 Å². The quantitative estimate of drug-likeness (QED) is 0.841. The summed E-state index contributed by atoms with van der Waals surface area (Å²) in [6, 6.07) is 7.15. The molecule has 0 aliphatic carbocycles. The standard InChI is InChI=1S/C14H15NO4/c16-11-8-4-5-9-12(17)15(11)13(14(18)19)10-6-2-1-3-7-10/h1-3,6-7,13H,4-5,8-9H2,(H,18,19). The van der Waals surface area contributed by atoms with Crippen LogP contribution in [0.15, 0.2) is 30.3 Å². The summed E-state index contributed by atoms with van der Waals surface area (Å²) in [7, 11) is 0. The largest absolute Gasteiger partial charge is 0.479 e. The number of likely N-dealkylation sites (tertiary alicyclic amines) is 1. The lowest BCUT2D eigenvalue weighted by Gasteiger charge is -2.26. The van der Waals surface area contributed by atoms with Crippen molar-refractivity contribution in [1.29, 1.82) is 0 Å². The highest BCUT2D eigenvalue weighted by Gasteiger charge is 2.36. The number of carboxylic acids is 1. The molecule has 5 heteroatoms. The Morgan fingerprint density at radius 3 is 2.05 bits per heavy atom. The van der Waals surface area contributed by atoms with Crippen molar-refractivity contribution in [3.05, 3.63) is 35.9 Å². The molecule has 2 rings (SSSR count). The van der Waals surface area contributed by atoms with Crippen molar-refractivity contribution in [2.45, 2.75) is 31.7 Å². The van der Waals surface area contributed by atoms with E-state index >= 15 is 0 Å². The van der Waals surface area contributed by atoms with Crippen LogP contribution in [0.5, 0.6) is 0 Å². The van der Waals surface area contributed by atoms with E-state index in [-0.39, 0.29) is 12.8 Å². The van der Waals surface area contributed by atoms with Crippen LogP contribution in [-0.4, -0.2) is 27.8 Å². The molecule has 1 saturated heterocycles. The van der Waals surface area contributed by atoms with Crippen LogP contribution in [0.3, 0.4) is 0 Å². The number of benzene rings is 1. The summed E-state index contributed by atoms with van der Waals surface area (Å²) in [6.45, 7) is 0. The Morgan fingerprint density at radius 1 is 1.05 bits per heavy atom. The van der Waals surface area contributed by atoms with Gasteiger partial charge in [0.05, 0.1) is 0 Å². The minimum atomic E-state index is -1.22. The molecule has 5 nitrogen and oxygen atoms in total. The van der Waals surface area contributed by atoms with E-state index < -0.39 is 23.8 Å². The second-order valence-electron chi connectivity index (χ2n) is 4.52. The number of carbonyl (C=O) groups is 3. The van der Waals surface area contributed by atoms with E-state index in [1.54, 1.807) is 30.3 Å². The summed E-state index contributed by atoms with van der Waals surface area (Å²) in [5.74, 6) is -1.99. The molecule has 0 saturated carbocycles. The molecule has 1 N–H and O–H groups in total. The van der Waals surface area contributed by atoms with Crippen LogP contribution >= 0.6 is 0 Å². The number of aliphatic carboxylic acids is 1. The van der Waals surface area contributed by atoms with Crippen LogP contribution in [0.4, 0.5) is 0 Å². The zero-order valence-electron chi connectivity index (χ0n) is 10.4. The van der Waals surface area contributed by atoms with Gasteiger partial charge in [-0.2, -0.15) is 0 Å². The van der Waals surface area contributed by atoms with Crippen molar-refractivity contribution in [1.82, 2.24) is 4.90 Å². The molecule has 1 heterocycles. The number of hydrogen-bond acceptors (Lipinski definition) is 3. The number of rotatable bonds is 3. The van der Waals surface area contributed by atoms with E-state index in [0.717, 1.165) is 4.90 Å². The molecule has 1 aliphatic rings. The van der Waals surface area contributed by atoms with E-state index in [9.17, 15) is 19.5 Å². The summed E-state index contributed by atoms with van der Waals surface area (Å²) in [6.07, 6.45) is 1.70. The molecular weight excluding hydrogens is 246 g/mol. The zero-order valence-corrected chi connectivity index (χ0v) is 10.4. The fraction of sp³-hybridized carbons (Fsp3) is 0.357. The van der Waals surface area contributed by atoms with Crippen molar-refractivity contribution in [3.8, 4) is 0 Å². The molecule has 0 bridgehead atoms. The summed E-state index contributed by atoms with van der Waals surface area (Å²) < 4.78 is 0. The van der Waals surface area contributed by atoms with Gasteiger partial charge < -0.3 is 5.11 Å². The molecule has 2 amide bonds. The zero-order chi connectivity index (χ0) is 13.8. The second kappa shape index (κ2) is 5.65. The van der Waals surface area contributed by atoms with Crippen molar-refractivity contribution in [2.24, 2.45) is 0 Å². The predicted octanol–water partition coefficient (Wildman–Crippen LogP) is 1.74. The Hall–Kier alpha value is -2.17. The number of hydrogen-bond donors (Lipinski definition) is 1. The van der Waals surface area contributed by atoms with Crippen LogP contribution in [0.1, 0.15) is 37.3 Å². The molecule has 1 aromatic carbocycles. The minimum absolute atomic E-state index is 0.225. The van der Waals surface area contributed by atoms with Crippen LogP contribution < -0.4 is 0 Å². The van der Waals surface area contributed by atoms with Gasteiger partial charge >= 0.3 is 5.97 Å². The van der Waals surface area contributed by atoms with Gasteiger partial charge in [0.25, 0.3) is 0 Å². The third kappa shape index (κ3) is 2.81. The molecule has 100 valence electrons. The molecule has 19 heavy (non-hydrogen) atoms. The first-order valence-corrected chi connectivity index (χ1v) is 6.24. The highest BCUT2D eigenvalue weighted by atomic mass is 16.4. The monoisotopic (exact) mass is 261 g/mol. The lowest BCUT2D eigenvalue weighted by molar-refractivity contribution is -0.157. The fourth-order valence-electron chi connectivity index (χ4n) is 2.26. The molecular formula is C14H15NO4. The number of imide groups is 1. The molecule has 1 aromatic rings. The first kappa shape index (κ1) is 13.3. The van der Waals surface area contributed by atoms with Gasteiger partial charge in [-0.25, -0.2) is 4.79 Å². The SMILES string of the molecule is O=C(O)C(c1ccccc1)N1C(=O)CCCCC1=O.